The molecule has 0 saturated heterocycles. The van der Waals surface area contributed by atoms with Crippen LogP contribution in [0.5, 0.6) is 5.75 Å². The van der Waals surface area contributed by atoms with Crippen LogP contribution in [0, 0.1) is 0 Å². The zero-order valence-electron chi connectivity index (χ0n) is 15.9. The van der Waals surface area contributed by atoms with E-state index in [9.17, 15) is 14.7 Å². The van der Waals surface area contributed by atoms with Crippen molar-refractivity contribution in [3.63, 3.8) is 0 Å². The highest BCUT2D eigenvalue weighted by molar-refractivity contribution is 6.34. The van der Waals surface area contributed by atoms with Crippen LogP contribution < -0.4 is 4.90 Å². The van der Waals surface area contributed by atoms with Crippen molar-refractivity contribution in [2.24, 2.45) is 0 Å². The van der Waals surface area contributed by atoms with Gasteiger partial charge in [0.05, 0.1) is 16.8 Å². The van der Waals surface area contributed by atoms with E-state index < -0.39 is 0 Å². The van der Waals surface area contributed by atoms with E-state index in [1.54, 1.807) is 36.4 Å². The minimum Gasteiger partial charge on any atom is -0.507 e. The van der Waals surface area contributed by atoms with Gasteiger partial charge in [-0.15, -0.1) is 0 Å². The quantitative estimate of drug-likeness (QED) is 0.467. The van der Waals surface area contributed by atoms with E-state index >= 15 is 0 Å². The second kappa shape index (κ2) is 7.01. The third-order valence-electron chi connectivity index (χ3n) is 5.32. The van der Waals surface area contributed by atoms with Crippen molar-refractivity contribution < 1.29 is 14.7 Å². The number of amides is 2. The van der Waals surface area contributed by atoms with Gasteiger partial charge in [-0.2, -0.15) is 0 Å². The molecule has 0 radical (unpaired) electrons. The highest BCUT2D eigenvalue weighted by Crippen LogP contribution is 2.43. The van der Waals surface area contributed by atoms with Gasteiger partial charge in [-0.1, -0.05) is 72.8 Å². The Morgan fingerprint density at radius 3 is 1.37 bits per heavy atom. The molecule has 4 aromatic carbocycles. The molecule has 0 saturated carbocycles. The van der Waals surface area contributed by atoms with Crippen molar-refractivity contribution >= 4 is 17.5 Å². The Kier molecular flexibility index (Phi) is 4.18. The average molecular weight is 391 g/mol. The normalized spacial score (nSPS) is 12.9. The number of carbonyl (C=O) groups is 2. The number of aromatic hydroxyl groups is 1. The SMILES string of the molecule is O=C1c2ccccc2C(=O)N1c1cc(-c2ccccc2)c(O)c(-c2ccccc2)c1. The molecule has 1 N–H and O–H groups in total. The first-order chi connectivity index (χ1) is 14.6. The van der Waals surface area contributed by atoms with E-state index in [-0.39, 0.29) is 17.6 Å². The lowest BCUT2D eigenvalue weighted by Crippen LogP contribution is -2.29. The minimum atomic E-state index is -0.362. The third-order valence-corrected chi connectivity index (χ3v) is 5.32. The Hall–Kier alpha value is -4.18. The van der Waals surface area contributed by atoms with Crippen LogP contribution in [-0.2, 0) is 0 Å². The number of nitrogens with zero attached hydrogens (tertiary/aromatic N) is 1. The highest BCUT2D eigenvalue weighted by atomic mass is 16.3. The van der Waals surface area contributed by atoms with Crippen molar-refractivity contribution in [3.05, 3.63) is 108 Å². The van der Waals surface area contributed by atoms with Crippen molar-refractivity contribution in [2.75, 3.05) is 4.90 Å². The lowest BCUT2D eigenvalue weighted by Gasteiger charge is -2.19. The van der Waals surface area contributed by atoms with Crippen LogP contribution in [0.25, 0.3) is 22.3 Å². The van der Waals surface area contributed by atoms with Crippen LogP contribution in [0.4, 0.5) is 5.69 Å². The second-order valence-electron chi connectivity index (χ2n) is 7.11. The summed E-state index contributed by atoms with van der Waals surface area (Å²) in [5, 5.41) is 11.1. The molecule has 0 fully saturated rings. The molecule has 4 aromatic rings. The van der Waals surface area contributed by atoms with Gasteiger partial charge in [0.25, 0.3) is 11.8 Å². The lowest BCUT2D eigenvalue weighted by molar-refractivity contribution is 0.0926. The highest BCUT2D eigenvalue weighted by Gasteiger charge is 2.37. The van der Waals surface area contributed by atoms with E-state index in [1.165, 1.54) is 4.90 Å². The fourth-order valence-electron chi connectivity index (χ4n) is 3.85. The van der Waals surface area contributed by atoms with Crippen molar-refractivity contribution in [2.45, 2.75) is 0 Å². The molecular weight excluding hydrogens is 374 g/mol. The first-order valence-electron chi connectivity index (χ1n) is 9.61. The van der Waals surface area contributed by atoms with Crippen LogP contribution in [0.15, 0.2) is 97.1 Å². The zero-order chi connectivity index (χ0) is 20.7. The summed E-state index contributed by atoms with van der Waals surface area (Å²) in [5.41, 5.74) is 3.91. The van der Waals surface area contributed by atoms with Gasteiger partial charge >= 0.3 is 0 Å². The fourth-order valence-corrected chi connectivity index (χ4v) is 3.85. The number of rotatable bonds is 3. The Morgan fingerprint density at radius 2 is 0.933 bits per heavy atom. The molecule has 2 amide bonds. The topological polar surface area (TPSA) is 57.6 Å². The maximum absolute atomic E-state index is 13.0. The Bertz CT molecular complexity index is 1180. The standard InChI is InChI=1S/C26H17NO3/c28-24-22(17-9-3-1-4-10-17)15-19(16-23(24)18-11-5-2-6-12-18)27-25(29)20-13-7-8-14-21(20)26(27)30/h1-16,28H. The summed E-state index contributed by atoms with van der Waals surface area (Å²) in [5.74, 6) is -0.619. The zero-order valence-corrected chi connectivity index (χ0v) is 15.9. The Morgan fingerprint density at radius 1 is 0.533 bits per heavy atom. The van der Waals surface area contributed by atoms with E-state index in [1.807, 2.05) is 60.7 Å². The number of fused-ring (bicyclic) bond motifs is 1. The van der Waals surface area contributed by atoms with Gasteiger partial charge in [-0.25, -0.2) is 4.90 Å². The molecule has 30 heavy (non-hydrogen) atoms. The molecule has 0 atom stereocenters. The van der Waals surface area contributed by atoms with E-state index in [0.29, 0.717) is 27.9 Å². The first-order valence-corrected chi connectivity index (χ1v) is 9.61. The first kappa shape index (κ1) is 17.9. The van der Waals surface area contributed by atoms with E-state index in [4.69, 9.17) is 0 Å². The lowest BCUT2D eigenvalue weighted by atomic mass is 9.96. The summed E-state index contributed by atoms with van der Waals surface area (Å²) in [6.45, 7) is 0. The maximum Gasteiger partial charge on any atom is 0.266 e. The maximum atomic E-state index is 13.0. The number of imide groups is 1. The van der Waals surface area contributed by atoms with E-state index in [0.717, 1.165) is 11.1 Å². The molecule has 1 aliphatic heterocycles. The number of hydrogen-bond donors (Lipinski definition) is 1. The largest absolute Gasteiger partial charge is 0.507 e. The molecule has 4 heteroatoms. The van der Waals surface area contributed by atoms with Gasteiger partial charge in [-0.3, -0.25) is 9.59 Å². The Balaban J connectivity index is 1.74. The van der Waals surface area contributed by atoms with Gasteiger partial charge in [0.1, 0.15) is 5.75 Å². The average Bonchev–Trinajstić information content (AvgIpc) is 3.06. The van der Waals surface area contributed by atoms with Gasteiger partial charge in [0, 0.05) is 11.1 Å². The predicted molar refractivity (Wildman–Crippen MR) is 117 cm³/mol. The smallest absolute Gasteiger partial charge is 0.266 e. The number of carbonyl (C=O) groups excluding carboxylic acids is 2. The number of anilines is 1. The summed E-state index contributed by atoms with van der Waals surface area (Å²) >= 11 is 0. The number of benzene rings is 4. The molecule has 144 valence electrons. The van der Waals surface area contributed by atoms with Gasteiger partial charge in [0.2, 0.25) is 0 Å². The van der Waals surface area contributed by atoms with Crippen LogP contribution in [0.2, 0.25) is 0 Å². The summed E-state index contributed by atoms with van der Waals surface area (Å²) in [7, 11) is 0. The second-order valence-corrected chi connectivity index (χ2v) is 7.11. The van der Waals surface area contributed by atoms with Crippen molar-refractivity contribution in [1.29, 1.82) is 0 Å². The molecule has 0 aromatic heterocycles. The van der Waals surface area contributed by atoms with Crippen molar-refractivity contribution in [1.82, 2.24) is 0 Å². The molecule has 1 aliphatic rings. The number of phenols is 1. The van der Waals surface area contributed by atoms with Gasteiger partial charge < -0.3 is 5.11 Å². The van der Waals surface area contributed by atoms with E-state index in [2.05, 4.69) is 0 Å². The van der Waals surface area contributed by atoms with Crippen molar-refractivity contribution in [3.8, 4) is 28.0 Å². The summed E-state index contributed by atoms with van der Waals surface area (Å²) < 4.78 is 0. The molecule has 4 nitrogen and oxygen atoms in total. The third kappa shape index (κ3) is 2.78. The summed E-state index contributed by atoms with van der Waals surface area (Å²) in [6.07, 6.45) is 0. The summed E-state index contributed by atoms with van der Waals surface area (Å²) in [4.78, 5) is 27.2. The predicted octanol–water partition coefficient (Wildman–Crippen LogP) is 5.53. The molecular formula is C26H17NO3. The monoisotopic (exact) mass is 391 g/mol. The number of hydrogen-bond acceptors (Lipinski definition) is 3. The molecule has 5 rings (SSSR count). The van der Waals surface area contributed by atoms with Crippen LogP contribution in [-0.4, -0.2) is 16.9 Å². The molecule has 0 aliphatic carbocycles. The molecule has 0 unspecified atom stereocenters. The molecule has 0 spiro atoms. The molecule has 0 bridgehead atoms. The fraction of sp³-hybridized carbons (Fsp3) is 0. The minimum absolute atomic E-state index is 0.104. The van der Waals surface area contributed by atoms with Crippen LogP contribution >= 0.6 is 0 Å². The van der Waals surface area contributed by atoms with Gasteiger partial charge in [0.15, 0.2) is 0 Å². The number of phenolic OH excluding ortho intramolecular Hbond substituents is 1. The van der Waals surface area contributed by atoms with Crippen LogP contribution in [0.1, 0.15) is 20.7 Å². The van der Waals surface area contributed by atoms with Gasteiger partial charge in [-0.05, 0) is 35.4 Å². The molecule has 1 heterocycles. The Labute approximate surface area is 173 Å². The summed E-state index contributed by atoms with van der Waals surface area (Å²) in [6, 6.07) is 29.0. The van der Waals surface area contributed by atoms with Crippen LogP contribution in [0.3, 0.4) is 0 Å².